The first-order valence-corrected chi connectivity index (χ1v) is 18.3. The molecule has 1 aliphatic rings. The zero-order chi connectivity index (χ0) is 34.9. The van der Waals surface area contributed by atoms with Gasteiger partial charge in [-0.05, 0) is 101 Å². The second kappa shape index (κ2) is 11.8. The van der Waals surface area contributed by atoms with Crippen molar-refractivity contribution >= 4 is 43.2 Å². The van der Waals surface area contributed by atoms with Crippen LogP contribution in [0.5, 0.6) is 0 Å². The average molecular weight is 673 g/mol. The molecular formula is C51H32N2. The van der Waals surface area contributed by atoms with Crippen molar-refractivity contribution in [1.82, 2.24) is 9.97 Å². The quantitative estimate of drug-likeness (QED) is 0.174. The van der Waals surface area contributed by atoms with E-state index >= 15 is 0 Å². The number of hydrogen-bond acceptors (Lipinski definition) is 2. The van der Waals surface area contributed by atoms with E-state index in [1.54, 1.807) is 0 Å². The van der Waals surface area contributed by atoms with E-state index in [1.807, 2.05) is 12.1 Å². The van der Waals surface area contributed by atoms with Crippen molar-refractivity contribution < 1.29 is 0 Å². The van der Waals surface area contributed by atoms with Gasteiger partial charge in [-0.25, -0.2) is 9.97 Å². The SMILES string of the molecule is c1ccc(-c2nc(-c3cccc(-c4cccc5c4Cc4c(-c6ccc7c8ccccc8c8ccccc8c7c6)cccc4-5)c3)nc3ccccc23)cc1. The molecule has 0 unspecified atom stereocenters. The third-order valence-electron chi connectivity index (χ3n) is 11.1. The van der Waals surface area contributed by atoms with E-state index in [0.717, 1.165) is 40.0 Å². The maximum absolute atomic E-state index is 5.17. The Morgan fingerprint density at radius 1 is 0.302 bits per heavy atom. The predicted molar refractivity (Wildman–Crippen MR) is 222 cm³/mol. The van der Waals surface area contributed by atoms with Gasteiger partial charge in [-0.2, -0.15) is 0 Å². The zero-order valence-electron chi connectivity index (χ0n) is 28.9. The summed E-state index contributed by atoms with van der Waals surface area (Å²) in [5.74, 6) is 0.735. The fourth-order valence-corrected chi connectivity index (χ4v) is 8.70. The Hall–Kier alpha value is -6.90. The summed E-state index contributed by atoms with van der Waals surface area (Å²) in [5, 5.41) is 8.86. The molecule has 1 aliphatic carbocycles. The molecule has 2 nitrogen and oxygen atoms in total. The second-order valence-corrected chi connectivity index (χ2v) is 14.1. The lowest BCUT2D eigenvalue weighted by molar-refractivity contribution is 1.23. The molecule has 0 amide bonds. The van der Waals surface area contributed by atoms with Crippen LogP contribution in [0, 0.1) is 0 Å². The first-order valence-electron chi connectivity index (χ1n) is 18.3. The van der Waals surface area contributed by atoms with Crippen LogP contribution >= 0.6 is 0 Å². The van der Waals surface area contributed by atoms with E-state index in [1.165, 1.54) is 76.8 Å². The van der Waals surface area contributed by atoms with E-state index < -0.39 is 0 Å². The topological polar surface area (TPSA) is 25.8 Å². The number of nitrogens with zero attached hydrogens (tertiary/aromatic N) is 2. The Bertz CT molecular complexity index is 3050. The summed E-state index contributed by atoms with van der Waals surface area (Å²) >= 11 is 0. The monoisotopic (exact) mass is 672 g/mol. The molecule has 53 heavy (non-hydrogen) atoms. The maximum Gasteiger partial charge on any atom is 0.160 e. The third kappa shape index (κ3) is 4.73. The Labute approximate surface area is 307 Å². The number of fused-ring (bicyclic) bond motifs is 10. The number of rotatable bonds is 4. The first kappa shape index (κ1) is 29.8. The van der Waals surface area contributed by atoms with Gasteiger partial charge in [0.05, 0.1) is 11.2 Å². The molecule has 246 valence electrons. The van der Waals surface area contributed by atoms with E-state index in [0.29, 0.717) is 0 Å². The number of hydrogen-bond donors (Lipinski definition) is 0. The fourth-order valence-electron chi connectivity index (χ4n) is 8.70. The average Bonchev–Trinajstić information content (AvgIpc) is 3.63. The van der Waals surface area contributed by atoms with Crippen LogP contribution in [0.2, 0.25) is 0 Å². The van der Waals surface area contributed by atoms with E-state index in [-0.39, 0.29) is 0 Å². The molecule has 0 N–H and O–H groups in total. The van der Waals surface area contributed by atoms with Crippen molar-refractivity contribution in [3.05, 3.63) is 193 Å². The van der Waals surface area contributed by atoms with Gasteiger partial charge in [0.2, 0.25) is 0 Å². The molecule has 0 aliphatic heterocycles. The van der Waals surface area contributed by atoms with E-state index in [4.69, 9.17) is 9.97 Å². The Balaban J connectivity index is 1.02. The van der Waals surface area contributed by atoms with Gasteiger partial charge < -0.3 is 0 Å². The van der Waals surface area contributed by atoms with Crippen LogP contribution in [-0.2, 0) is 6.42 Å². The molecule has 9 aromatic carbocycles. The summed E-state index contributed by atoms with van der Waals surface area (Å²) in [6.45, 7) is 0. The molecule has 11 rings (SSSR count). The smallest absolute Gasteiger partial charge is 0.160 e. The zero-order valence-corrected chi connectivity index (χ0v) is 28.9. The molecule has 0 radical (unpaired) electrons. The largest absolute Gasteiger partial charge is 0.228 e. The van der Waals surface area contributed by atoms with Crippen molar-refractivity contribution in [2.75, 3.05) is 0 Å². The van der Waals surface area contributed by atoms with Crippen LogP contribution < -0.4 is 0 Å². The van der Waals surface area contributed by atoms with Gasteiger partial charge in [-0.3, -0.25) is 0 Å². The predicted octanol–water partition coefficient (Wildman–Crippen LogP) is 13.3. The summed E-state index contributed by atoms with van der Waals surface area (Å²) in [7, 11) is 0. The lowest BCUT2D eigenvalue weighted by Crippen LogP contribution is -1.96. The minimum absolute atomic E-state index is 0.735. The maximum atomic E-state index is 5.17. The van der Waals surface area contributed by atoms with Crippen LogP contribution in [0.4, 0.5) is 0 Å². The molecule has 1 aromatic heterocycles. The highest BCUT2D eigenvalue weighted by molar-refractivity contribution is 6.25. The van der Waals surface area contributed by atoms with Crippen LogP contribution in [0.15, 0.2) is 182 Å². The molecule has 0 fully saturated rings. The molecular weight excluding hydrogens is 641 g/mol. The molecule has 2 heteroatoms. The molecule has 0 atom stereocenters. The third-order valence-corrected chi connectivity index (χ3v) is 11.1. The normalized spacial score (nSPS) is 12.1. The van der Waals surface area contributed by atoms with Crippen molar-refractivity contribution in [2.45, 2.75) is 6.42 Å². The molecule has 0 saturated heterocycles. The first-order chi connectivity index (χ1) is 26.3. The molecule has 0 saturated carbocycles. The van der Waals surface area contributed by atoms with Gasteiger partial charge >= 0.3 is 0 Å². The van der Waals surface area contributed by atoms with Crippen LogP contribution in [-0.4, -0.2) is 9.97 Å². The van der Waals surface area contributed by atoms with Gasteiger partial charge in [-0.1, -0.05) is 164 Å². The van der Waals surface area contributed by atoms with Crippen LogP contribution in [0.3, 0.4) is 0 Å². The molecule has 10 aromatic rings. The van der Waals surface area contributed by atoms with E-state index in [2.05, 4.69) is 170 Å². The summed E-state index contributed by atoms with van der Waals surface area (Å²) in [5.41, 5.74) is 14.4. The standard InChI is InChI=1S/C51H32N2/c1-2-13-32(14-3-1)50-45-21-8-9-26-49(45)52-51(53-50)35-16-10-15-33(29-35)36-22-11-24-42-43-25-12-23-37(48(43)31-47(36)42)34-27-28-44-40-19-5-4-17-38(40)39-18-6-7-20-41(39)46(44)30-34/h1-30H,31H2. The number of benzene rings is 9. The molecule has 0 bridgehead atoms. The van der Waals surface area contributed by atoms with Crippen LogP contribution in [0.25, 0.3) is 99.2 Å². The van der Waals surface area contributed by atoms with Crippen molar-refractivity contribution in [1.29, 1.82) is 0 Å². The van der Waals surface area contributed by atoms with E-state index in [9.17, 15) is 0 Å². The summed E-state index contributed by atoms with van der Waals surface area (Å²) < 4.78 is 0. The van der Waals surface area contributed by atoms with Crippen molar-refractivity contribution in [3.8, 4) is 56.0 Å². The van der Waals surface area contributed by atoms with Gasteiger partial charge in [-0.15, -0.1) is 0 Å². The lowest BCUT2D eigenvalue weighted by Gasteiger charge is -2.14. The van der Waals surface area contributed by atoms with Gasteiger partial charge in [0.25, 0.3) is 0 Å². The van der Waals surface area contributed by atoms with Crippen LogP contribution in [0.1, 0.15) is 11.1 Å². The highest BCUT2D eigenvalue weighted by Crippen LogP contribution is 2.46. The fraction of sp³-hybridized carbons (Fsp3) is 0.0196. The molecule has 1 heterocycles. The Morgan fingerprint density at radius 2 is 0.792 bits per heavy atom. The van der Waals surface area contributed by atoms with Gasteiger partial charge in [0.15, 0.2) is 5.82 Å². The van der Waals surface area contributed by atoms with Gasteiger partial charge in [0, 0.05) is 16.5 Å². The summed E-state index contributed by atoms with van der Waals surface area (Å²) in [6.07, 6.45) is 0.877. The van der Waals surface area contributed by atoms with Gasteiger partial charge in [0.1, 0.15) is 0 Å². The minimum atomic E-state index is 0.735. The summed E-state index contributed by atoms with van der Waals surface area (Å²) in [4.78, 5) is 10.2. The second-order valence-electron chi connectivity index (χ2n) is 14.1. The Kier molecular flexibility index (Phi) is 6.65. The highest BCUT2D eigenvalue weighted by atomic mass is 14.9. The molecule has 0 spiro atoms. The number of para-hydroxylation sites is 1. The summed E-state index contributed by atoms with van der Waals surface area (Å²) in [6, 6.07) is 65.7. The lowest BCUT2D eigenvalue weighted by atomic mass is 9.90. The highest BCUT2D eigenvalue weighted by Gasteiger charge is 2.25. The van der Waals surface area contributed by atoms with Crippen molar-refractivity contribution in [3.63, 3.8) is 0 Å². The Morgan fingerprint density at radius 3 is 1.47 bits per heavy atom. The minimum Gasteiger partial charge on any atom is -0.228 e. The van der Waals surface area contributed by atoms with Crippen molar-refractivity contribution in [2.24, 2.45) is 0 Å². The number of aromatic nitrogens is 2.